The second-order valence-corrected chi connectivity index (χ2v) is 9.46. The molecule has 0 unspecified atom stereocenters. The molecule has 1 aliphatic rings. The van der Waals surface area contributed by atoms with Crippen LogP contribution >= 0.6 is 0 Å². The maximum absolute atomic E-state index is 13.0. The van der Waals surface area contributed by atoms with Gasteiger partial charge in [-0.3, -0.25) is 9.52 Å². The van der Waals surface area contributed by atoms with E-state index in [0.29, 0.717) is 22.7 Å². The third-order valence-electron chi connectivity index (χ3n) is 5.64. The Labute approximate surface area is 167 Å². The van der Waals surface area contributed by atoms with Crippen molar-refractivity contribution in [3.8, 4) is 0 Å². The number of rotatable bonds is 4. The number of hydrogen-bond donors (Lipinski definition) is 1. The second kappa shape index (κ2) is 7.95. The molecule has 1 aliphatic heterocycles. The number of anilines is 1. The van der Waals surface area contributed by atoms with Gasteiger partial charge in [0.2, 0.25) is 0 Å². The highest BCUT2D eigenvalue weighted by molar-refractivity contribution is 7.92. The van der Waals surface area contributed by atoms with Gasteiger partial charge in [-0.05, 0) is 74.4 Å². The van der Waals surface area contributed by atoms with Crippen molar-refractivity contribution in [3.05, 3.63) is 58.7 Å². The van der Waals surface area contributed by atoms with Crippen LogP contribution < -0.4 is 4.72 Å². The maximum Gasteiger partial charge on any atom is 0.262 e. The van der Waals surface area contributed by atoms with Gasteiger partial charge in [-0.1, -0.05) is 25.1 Å². The highest BCUT2D eigenvalue weighted by Gasteiger charge is 2.24. The van der Waals surface area contributed by atoms with Crippen LogP contribution in [0, 0.1) is 26.7 Å². The lowest BCUT2D eigenvalue weighted by Gasteiger charge is -2.30. The Balaban J connectivity index is 1.90. The Morgan fingerprint density at radius 2 is 1.71 bits per heavy atom. The fourth-order valence-corrected chi connectivity index (χ4v) is 4.87. The normalized spacial score (nSPS) is 15.5. The molecule has 2 aromatic rings. The van der Waals surface area contributed by atoms with Crippen molar-refractivity contribution in [3.63, 3.8) is 0 Å². The molecule has 1 fully saturated rings. The molecule has 2 aromatic carbocycles. The molecule has 1 amide bonds. The minimum atomic E-state index is -3.80. The molecule has 0 saturated carbocycles. The number of nitrogens with one attached hydrogen (secondary N) is 1. The molecule has 0 bridgehead atoms. The molecule has 1 heterocycles. The van der Waals surface area contributed by atoms with Crippen molar-refractivity contribution in [1.82, 2.24) is 4.90 Å². The van der Waals surface area contributed by atoms with Gasteiger partial charge < -0.3 is 4.90 Å². The van der Waals surface area contributed by atoms with E-state index in [1.165, 1.54) is 6.07 Å². The summed E-state index contributed by atoms with van der Waals surface area (Å²) in [6, 6.07) is 10.4. The number of hydrogen-bond acceptors (Lipinski definition) is 3. The fourth-order valence-electron chi connectivity index (χ4n) is 3.48. The van der Waals surface area contributed by atoms with Gasteiger partial charge >= 0.3 is 0 Å². The number of sulfonamides is 1. The first-order valence-corrected chi connectivity index (χ1v) is 11.2. The Morgan fingerprint density at radius 1 is 1.04 bits per heavy atom. The predicted octanol–water partition coefficient (Wildman–Crippen LogP) is 4.28. The van der Waals surface area contributed by atoms with Crippen LogP contribution in [0.15, 0.2) is 41.3 Å². The van der Waals surface area contributed by atoms with Crippen LogP contribution in [0.2, 0.25) is 0 Å². The lowest BCUT2D eigenvalue weighted by molar-refractivity contribution is 0.0697. The van der Waals surface area contributed by atoms with Crippen molar-refractivity contribution in [2.24, 2.45) is 5.92 Å². The molecule has 1 saturated heterocycles. The summed E-state index contributed by atoms with van der Waals surface area (Å²) in [5.74, 6) is 0.523. The van der Waals surface area contributed by atoms with Crippen molar-refractivity contribution >= 4 is 21.6 Å². The third kappa shape index (κ3) is 4.22. The molecule has 0 spiro atoms. The summed E-state index contributed by atoms with van der Waals surface area (Å²) < 4.78 is 28.8. The van der Waals surface area contributed by atoms with Crippen LogP contribution in [0.1, 0.15) is 46.8 Å². The largest absolute Gasteiger partial charge is 0.339 e. The van der Waals surface area contributed by atoms with Gasteiger partial charge in [0.15, 0.2) is 0 Å². The van der Waals surface area contributed by atoms with Crippen molar-refractivity contribution < 1.29 is 13.2 Å². The van der Waals surface area contributed by atoms with E-state index in [9.17, 15) is 13.2 Å². The van der Waals surface area contributed by atoms with E-state index in [2.05, 4.69) is 11.6 Å². The molecule has 0 atom stereocenters. The molecule has 3 rings (SSSR count). The van der Waals surface area contributed by atoms with E-state index in [1.807, 2.05) is 30.9 Å². The van der Waals surface area contributed by atoms with E-state index in [4.69, 9.17) is 0 Å². The predicted molar refractivity (Wildman–Crippen MR) is 112 cm³/mol. The molecule has 0 aromatic heterocycles. The van der Waals surface area contributed by atoms with Crippen LogP contribution in [0.4, 0.5) is 5.69 Å². The third-order valence-corrected chi connectivity index (χ3v) is 7.15. The van der Waals surface area contributed by atoms with Crippen LogP contribution in [0.3, 0.4) is 0 Å². The smallest absolute Gasteiger partial charge is 0.262 e. The van der Waals surface area contributed by atoms with Gasteiger partial charge in [-0.15, -0.1) is 0 Å². The number of piperidine rings is 1. The highest BCUT2D eigenvalue weighted by atomic mass is 32.2. The fraction of sp³-hybridized carbons (Fsp3) is 0.409. The Hall–Kier alpha value is -2.34. The molecule has 28 heavy (non-hydrogen) atoms. The second-order valence-electron chi connectivity index (χ2n) is 7.81. The Bertz CT molecular complexity index is 991. The van der Waals surface area contributed by atoms with Gasteiger partial charge in [0.05, 0.1) is 10.6 Å². The number of amides is 1. The molecule has 5 nitrogen and oxygen atoms in total. The number of benzene rings is 2. The van der Waals surface area contributed by atoms with Crippen LogP contribution in [0.25, 0.3) is 0 Å². The molecule has 150 valence electrons. The molecule has 6 heteroatoms. The summed E-state index contributed by atoms with van der Waals surface area (Å²) in [5.41, 5.74) is 3.49. The van der Waals surface area contributed by atoms with Crippen LogP contribution in [0.5, 0.6) is 0 Å². The molecule has 0 aliphatic carbocycles. The SMILES string of the molecule is Cc1ccc(C(=O)N2CCC(C)CC2)cc1S(=O)(=O)Nc1cccc(C)c1C. The minimum Gasteiger partial charge on any atom is -0.339 e. The molecule has 1 N–H and O–H groups in total. The zero-order valence-corrected chi connectivity index (χ0v) is 17.8. The van der Waals surface area contributed by atoms with Gasteiger partial charge in [-0.25, -0.2) is 8.42 Å². The van der Waals surface area contributed by atoms with Crippen molar-refractivity contribution in [2.75, 3.05) is 17.8 Å². The quantitative estimate of drug-likeness (QED) is 0.833. The minimum absolute atomic E-state index is 0.102. The van der Waals surface area contributed by atoms with E-state index in [-0.39, 0.29) is 10.8 Å². The zero-order chi connectivity index (χ0) is 20.5. The van der Waals surface area contributed by atoms with E-state index >= 15 is 0 Å². The Morgan fingerprint density at radius 3 is 2.39 bits per heavy atom. The zero-order valence-electron chi connectivity index (χ0n) is 17.0. The summed E-state index contributed by atoms with van der Waals surface area (Å²) in [6.07, 6.45) is 1.97. The van der Waals surface area contributed by atoms with Gasteiger partial charge in [-0.2, -0.15) is 0 Å². The first-order chi connectivity index (χ1) is 13.2. The number of likely N-dealkylation sites (tertiary alicyclic amines) is 1. The van der Waals surface area contributed by atoms with Crippen molar-refractivity contribution in [1.29, 1.82) is 0 Å². The average molecular weight is 401 g/mol. The maximum atomic E-state index is 13.0. The average Bonchev–Trinajstić information content (AvgIpc) is 2.65. The first kappa shape index (κ1) is 20.4. The summed E-state index contributed by atoms with van der Waals surface area (Å²) in [4.78, 5) is 14.8. The first-order valence-electron chi connectivity index (χ1n) is 9.68. The lowest BCUT2D eigenvalue weighted by atomic mass is 9.98. The molecular weight excluding hydrogens is 372 g/mol. The number of nitrogens with zero attached hydrogens (tertiary/aromatic N) is 1. The number of carbonyl (C=O) groups is 1. The van der Waals surface area contributed by atoms with Crippen LogP contribution in [-0.4, -0.2) is 32.3 Å². The van der Waals surface area contributed by atoms with E-state index in [0.717, 1.165) is 37.1 Å². The Kier molecular flexibility index (Phi) is 5.79. The molecular formula is C22H28N2O3S. The van der Waals surface area contributed by atoms with Gasteiger partial charge in [0.1, 0.15) is 0 Å². The van der Waals surface area contributed by atoms with Gasteiger partial charge in [0, 0.05) is 18.7 Å². The summed E-state index contributed by atoms with van der Waals surface area (Å²) in [5, 5.41) is 0. The summed E-state index contributed by atoms with van der Waals surface area (Å²) in [6.45, 7) is 9.20. The lowest BCUT2D eigenvalue weighted by Crippen LogP contribution is -2.38. The van der Waals surface area contributed by atoms with Crippen LogP contribution in [-0.2, 0) is 10.0 Å². The standard InChI is InChI=1S/C22H28N2O3S/c1-15-10-12-24(13-11-15)22(25)19-9-8-17(3)21(14-19)28(26,27)23-20-7-5-6-16(2)18(20)4/h5-9,14-15,23H,10-13H2,1-4H3. The van der Waals surface area contributed by atoms with Crippen molar-refractivity contribution in [2.45, 2.75) is 45.4 Å². The summed E-state index contributed by atoms with van der Waals surface area (Å²) in [7, 11) is -3.80. The van der Waals surface area contributed by atoms with E-state index in [1.54, 1.807) is 25.1 Å². The number of aryl methyl sites for hydroxylation is 2. The monoisotopic (exact) mass is 400 g/mol. The number of carbonyl (C=O) groups excluding carboxylic acids is 1. The highest BCUT2D eigenvalue weighted by Crippen LogP contribution is 2.25. The van der Waals surface area contributed by atoms with Gasteiger partial charge in [0.25, 0.3) is 15.9 Å². The van der Waals surface area contributed by atoms with E-state index < -0.39 is 10.0 Å². The summed E-state index contributed by atoms with van der Waals surface area (Å²) >= 11 is 0. The topological polar surface area (TPSA) is 66.5 Å². The molecule has 0 radical (unpaired) electrons.